The molecule has 6 heteroatoms. The van der Waals surface area contributed by atoms with E-state index in [-0.39, 0.29) is 18.5 Å². The monoisotopic (exact) mass is 1000 g/mol. The topological polar surface area (TPSA) is 95.9 Å². The number of aliphatic hydroxyl groups is 2. The molecule has 0 aromatic rings. The van der Waals surface area contributed by atoms with Gasteiger partial charge in [-0.25, -0.2) is 0 Å². The Labute approximate surface area is 443 Å². The second kappa shape index (κ2) is 60.9. The fraction of sp³-hybridized carbons (Fsp3) is 0.908. The Kier molecular flexibility index (Phi) is 59.5. The maximum absolute atomic E-state index is 12.5. The summed E-state index contributed by atoms with van der Waals surface area (Å²) in [5.74, 6) is -0.0298. The van der Waals surface area contributed by atoms with E-state index in [1.807, 2.05) is 0 Å². The number of nitrogens with one attached hydrogen (secondary N) is 1. The van der Waals surface area contributed by atoms with Gasteiger partial charge in [0.25, 0.3) is 0 Å². The summed E-state index contributed by atoms with van der Waals surface area (Å²) in [6.07, 6.45) is 74.8. The van der Waals surface area contributed by atoms with E-state index in [0.717, 1.165) is 44.9 Å². The molecule has 420 valence electrons. The number of hydrogen-bond acceptors (Lipinski definition) is 5. The first-order valence-corrected chi connectivity index (χ1v) is 32.1. The van der Waals surface area contributed by atoms with E-state index >= 15 is 0 Å². The molecule has 0 aliphatic rings. The van der Waals surface area contributed by atoms with Crippen molar-refractivity contribution in [1.29, 1.82) is 0 Å². The molecule has 0 aromatic heterocycles. The van der Waals surface area contributed by atoms with Crippen molar-refractivity contribution in [3.63, 3.8) is 0 Å². The fourth-order valence-corrected chi connectivity index (χ4v) is 10.0. The van der Waals surface area contributed by atoms with Gasteiger partial charge in [0.05, 0.1) is 25.4 Å². The number of carbonyl (C=O) groups excluding carboxylic acids is 2. The van der Waals surface area contributed by atoms with E-state index in [2.05, 4.69) is 43.5 Å². The lowest BCUT2D eigenvalue weighted by molar-refractivity contribution is -0.143. The van der Waals surface area contributed by atoms with Gasteiger partial charge >= 0.3 is 5.97 Å². The predicted octanol–water partition coefficient (Wildman–Crippen LogP) is 20.2. The van der Waals surface area contributed by atoms with Crippen molar-refractivity contribution in [3.8, 4) is 0 Å². The lowest BCUT2D eigenvalue weighted by atomic mass is 10.0. The molecule has 0 saturated carbocycles. The van der Waals surface area contributed by atoms with Gasteiger partial charge < -0.3 is 20.3 Å². The van der Waals surface area contributed by atoms with E-state index in [0.29, 0.717) is 25.9 Å². The van der Waals surface area contributed by atoms with E-state index in [1.54, 1.807) is 0 Å². The summed E-state index contributed by atoms with van der Waals surface area (Å²) in [5.41, 5.74) is 0. The van der Waals surface area contributed by atoms with Gasteiger partial charge in [0, 0.05) is 12.8 Å². The molecule has 2 atom stereocenters. The molecule has 3 N–H and O–H groups in total. The molecule has 0 aromatic carbocycles. The molecule has 0 rings (SSSR count). The van der Waals surface area contributed by atoms with Gasteiger partial charge in [0.1, 0.15) is 0 Å². The third kappa shape index (κ3) is 57.5. The van der Waals surface area contributed by atoms with E-state index < -0.39 is 12.1 Å². The number of hydrogen-bond donors (Lipinski definition) is 3. The number of amides is 1. The zero-order valence-corrected chi connectivity index (χ0v) is 48.0. The third-order valence-electron chi connectivity index (χ3n) is 15.0. The summed E-state index contributed by atoms with van der Waals surface area (Å²) < 4.78 is 5.47. The number of aliphatic hydroxyl groups excluding tert-OH is 2. The van der Waals surface area contributed by atoms with Gasteiger partial charge in [-0.3, -0.25) is 9.59 Å². The summed E-state index contributed by atoms with van der Waals surface area (Å²) in [5, 5.41) is 23.3. The fourth-order valence-electron chi connectivity index (χ4n) is 10.0. The van der Waals surface area contributed by atoms with Crippen LogP contribution in [0.1, 0.15) is 354 Å². The van der Waals surface area contributed by atoms with Crippen LogP contribution in [0.4, 0.5) is 0 Å². The number of carbonyl (C=O) groups is 2. The van der Waals surface area contributed by atoms with Crippen LogP contribution in [0, 0.1) is 0 Å². The smallest absolute Gasteiger partial charge is 0.305 e. The molecular weight excluding hydrogens is 875 g/mol. The number of rotatable bonds is 60. The Hall–Kier alpha value is -1.66. The standard InChI is InChI=1S/C65H125NO5/c1-3-5-7-9-11-13-15-17-18-31-34-37-41-45-49-53-57-63(68)62(61-67)66-64(69)58-54-50-46-42-38-35-32-29-27-25-23-21-19-20-22-24-26-28-30-33-36-40-44-48-52-56-60-71-65(70)59-55-51-47-43-39-16-14-12-10-8-6-4-2/h12,14,19,21,62-63,67-68H,3-11,13,15-18,20,22-61H2,1-2H3,(H,66,69)/b14-12-,21-19-. The Morgan fingerprint density at radius 3 is 1.03 bits per heavy atom. The lowest BCUT2D eigenvalue weighted by Crippen LogP contribution is -2.45. The molecule has 1 amide bonds. The first kappa shape index (κ1) is 69.3. The first-order valence-electron chi connectivity index (χ1n) is 32.1. The molecule has 0 bridgehead atoms. The van der Waals surface area contributed by atoms with Crippen LogP contribution < -0.4 is 5.32 Å². The molecule has 2 unspecified atom stereocenters. The van der Waals surface area contributed by atoms with Crippen molar-refractivity contribution in [2.24, 2.45) is 0 Å². The Balaban J connectivity index is 3.39. The van der Waals surface area contributed by atoms with Crippen LogP contribution in [0.3, 0.4) is 0 Å². The molecule has 0 spiro atoms. The minimum absolute atomic E-state index is 0.00454. The van der Waals surface area contributed by atoms with Gasteiger partial charge in [-0.05, 0) is 77.0 Å². The molecule has 0 aliphatic carbocycles. The SMILES string of the molecule is CCCCC/C=C\CCCCCCCC(=O)OCCCCCCCCCCCCCC/C=C\CCCCCCCCCCCCC(=O)NC(CO)C(O)CCCCCCCCCCCCCCCCCC. The summed E-state index contributed by atoms with van der Waals surface area (Å²) in [6, 6.07) is -0.542. The maximum atomic E-state index is 12.5. The summed E-state index contributed by atoms with van der Waals surface area (Å²) >= 11 is 0. The van der Waals surface area contributed by atoms with Gasteiger partial charge in [0.15, 0.2) is 0 Å². The van der Waals surface area contributed by atoms with E-state index in [9.17, 15) is 19.8 Å². The highest BCUT2D eigenvalue weighted by Gasteiger charge is 2.20. The Morgan fingerprint density at radius 1 is 0.380 bits per heavy atom. The normalized spacial score (nSPS) is 12.7. The molecule has 0 radical (unpaired) electrons. The lowest BCUT2D eigenvalue weighted by Gasteiger charge is -2.22. The highest BCUT2D eigenvalue weighted by molar-refractivity contribution is 5.76. The minimum atomic E-state index is -0.665. The minimum Gasteiger partial charge on any atom is -0.466 e. The van der Waals surface area contributed by atoms with Crippen LogP contribution in [-0.2, 0) is 14.3 Å². The van der Waals surface area contributed by atoms with E-state index in [4.69, 9.17) is 4.74 Å². The molecule has 0 fully saturated rings. The molecular formula is C65H125NO5. The molecule has 0 saturated heterocycles. The summed E-state index contributed by atoms with van der Waals surface area (Å²) in [7, 11) is 0. The Bertz CT molecular complexity index is 1110. The molecule has 0 heterocycles. The number of unbranched alkanes of at least 4 members (excludes halogenated alkanes) is 45. The van der Waals surface area contributed by atoms with Crippen molar-refractivity contribution < 1.29 is 24.5 Å². The second-order valence-corrected chi connectivity index (χ2v) is 22.1. The van der Waals surface area contributed by atoms with Crippen LogP contribution in [0.2, 0.25) is 0 Å². The highest BCUT2D eigenvalue weighted by Crippen LogP contribution is 2.18. The van der Waals surface area contributed by atoms with Gasteiger partial charge in [-0.15, -0.1) is 0 Å². The average Bonchev–Trinajstić information content (AvgIpc) is 3.37. The van der Waals surface area contributed by atoms with Crippen molar-refractivity contribution in [2.75, 3.05) is 13.2 Å². The predicted molar refractivity (Wildman–Crippen MR) is 310 cm³/mol. The highest BCUT2D eigenvalue weighted by atomic mass is 16.5. The van der Waals surface area contributed by atoms with Crippen LogP contribution in [0.15, 0.2) is 24.3 Å². The summed E-state index contributed by atoms with van der Waals surface area (Å²) in [4.78, 5) is 24.5. The summed E-state index contributed by atoms with van der Waals surface area (Å²) in [6.45, 7) is 4.95. The first-order chi connectivity index (χ1) is 35.0. The zero-order chi connectivity index (χ0) is 51.4. The number of allylic oxidation sites excluding steroid dienone is 4. The maximum Gasteiger partial charge on any atom is 0.305 e. The van der Waals surface area contributed by atoms with E-state index in [1.165, 1.54) is 276 Å². The number of ether oxygens (including phenoxy) is 1. The number of esters is 1. The van der Waals surface area contributed by atoms with Crippen molar-refractivity contribution in [1.82, 2.24) is 5.32 Å². The van der Waals surface area contributed by atoms with Gasteiger partial charge in [0.2, 0.25) is 5.91 Å². The quantitative estimate of drug-likeness (QED) is 0.0320. The largest absolute Gasteiger partial charge is 0.466 e. The van der Waals surface area contributed by atoms with Crippen molar-refractivity contribution >= 4 is 11.9 Å². The van der Waals surface area contributed by atoms with Gasteiger partial charge in [-0.1, -0.05) is 289 Å². The van der Waals surface area contributed by atoms with Crippen LogP contribution in [0.25, 0.3) is 0 Å². The van der Waals surface area contributed by atoms with Crippen LogP contribution in [0.5, 0.6) is 0 Å². The third-order valence-corrected chi connectivity index (χ3v) is 15.0. The van der Waals surface area contributed by atoms with Crippen molar-refractivity contribution in [3.05, 3.63) is 24.3 Å². The molecule has 6 nitrogen and oxygen atoms in total. The molecule has 0 aliphatic heterocycles. The zero-order valence-electron chi connectivity index (χ0n) is 48.0. The average molecular weight is 1000 g/mol. The molecule has 71 heavy (non-hydrogen) atoms. The van der Waals surface area contributed by atoms with Crippen LogP contribution >= 0.6 is 0 Å². The second-order valence-electron chi connectivity index (χ2n) is 22.1. The Morgan fingerprint density at radius 2 is 0.662 bits per heavy atom. The van der Waals surface area contributed by atoms with Crippen molar-refractivity contribution in [2.45, 2.75) is 366 Å². The van der Waals surface area contributed by atoms with Gasteiger partial charge in [-0.2, -0.15) is 0 Å². The van der Waals surface area contributed by atoms with Crippen LogP contribution in [-0.4, -0.2) is 47.4 Å².